The summed E-state index contributed by atoms with van der Waals surface area (Å²) >= 11 is 7.01. The third-order valence-corrected chi connectivity index (χ3v) is 3.57. The van der Waals surface area contributed by atoms with Crippen LogP contribution in [-0.4, -0.2) is 15.2 Å². The van der Waals surface area contributed by atoms with Crippen LogP contribution in [0.4, 0.5) is 0 Å². The minimum atomic E-state index is 0.342. The third-order valence-electron chi connectivity index (χ3n) is 2.36. The number of hydrogen-bond donors (Lipinski definition) is 0. The highest BCUT2D eigenvalue weighted by Crippen LogP contribution is 2.30. The van der Waals surface area contributed by atoms with Gasteiger partial charge >= 0.3 is 0 Å². The largest absolute Gasteiger partial charge is 0.427 e. The quantitative estimate of drug-likeness (QED) is 0.686. The fourth-order valence-corrected chi connectivity index (χ4v) is 2.35. The Balaban J connectivity index is 1.99. The number of aromatic nitrogens is 3. The second-order valence-electron chi connectivity index (χ2n) is 3.53. The van der Waals surface area contributed by atoms with Gasteiger partial charge in [0, 0.05) is 11.6 Å². The SMILES string of the molecule is ClCc1nnc(Oc2cccc3cccnc23)s1. The number of alkyl halides is 1. The first-order valence-corrected chi connectivity index (χ1v) is 6.62. The maximum absolute atomic E-state index is 5.70. The van der Waals surface area contributed by atoms with E-state index in [2.05, 4.69) is 15.2 Å². The fourth-order valence-electron chi connectivity index (χ4n) is 1.59. The van der Waals surface area contributed by atoms with Gasteiger partial charge in [-0.3, -0.25) is 4.98 Å². The van der Waals surface area contributed by atoms with Gasteiger partial charge in [0.2, 0.25) is 0 Å². The highest BCUT2D eigenvalue weighted by molar-refractivity contribution is 7.13. The monoisotopic (exact) mass is 277 g/mol. The van der Waals surface area contributed by atoms with E-state index in [4.69, 9.17) is 16.3 Å². The van der Waals surface area contributed by atoms with Crippen LogP contribution in [0.15, 0.2) is 36.5 Å². The van der Waals surface area contributed by atoms with E-state index in [1.54, 1.807) is 6.20 Å². The molecule has 0 aliphatic heterocycles. The zero-order valence-electron chi connectivity index (χ0n) is 9.21. The zero-order chi connectivity index (χ0) is 12.4. The summed E-state index contributed by atoms with van der Waals surface area (Å²) in [5.41, 5.74) is 0.808. The molecule has 3 aromatic rings. The summed E-state index contributed by atoms with van der Waals surface area (Å²) in [6.45, 7) is 0. The predicted molar refractivity (Wildman–Crippen MR) is 71.3 cm³/mol. The van der Waals surface area contributed by atoms with Crippen LogP contribution in [0, 0.1) is 0 Å². The van der Waals surface area contributed by atoms with Crippen LogP contribution < -0.4 is 4.74 Å². The van der Waals surface area contributed by atoms with Crippen molar-refractivity contribution in [3.63, 3.8) is 0 Å². The van der Waals surface area contributed by atoms with Crippen molar-refractivity contribution in [2.75, 3.05) is 0 Å². The van der Waals surface area contributed by atoms with Crippen LogP contribution in [0.25, 0.3) is 10.9 Å². The lowest BCUT2D eigenvalue weighted by atomic mass is 10.2. The Morgan fingerprint density at radius 3 is 2.89 bits per heavy atom. The van der Waals surface area contributed by atoms with Gasteiger partial charge in [-0.15, -0.1) is 16.7 Å². The summed E-state index contributed by atoms with van der Waals surface area (Å²) in [5, 5.41) is 10.1. The van der Waals surface area contributed by atoms with Crippen molar-refractivity contribution in [3.8, 4) is 10.9 Å². The lowest BCUT2D eigenvalue weighted by molar-refractivity contribution is 0.477. The number of nitrogens with zero attached hydrogens (tertiary/aromatic N) is 3. The van der Waals surface area contributed by atoms with Crippen molar-refractivity contribution in [1.29, 1.82) is 0 Å². The first-order chi connectivity index (χ1) is 8.86. The van der Waals surface area contributed by atoms with Crippen molar-refractivity contribution in [2.24, 2.45) is 0 Å². The van der Waals surface area contributed by atoms with Crippen molar-refractivity contribution < 1.29 is 4.74 Å². The molecule has 6 heteroatoms. The van der Waals surface area contributed by atoms with Crippen molar-refractivity contribution in [3.05, 3.63) is 41.5 Å². The summed E-state index contributed by atoms with van der Waals surface area (Å²) < 4.78 is 5.70. The number of para-hydroxylation sites is 1. The van der Waals surface area contributed by atoms with Crippen molar-refractivity contribution in [1.82, 2.24) is 15.2 Å². The topological polar surface area (TPSA) is 47.9 Å². The molecule has 2 heterocycles. The number of rotatable bonds is 3. The van der Waals surface area contributed by atoms with Crippen LogP contribution in [-0.2, 0) is 5.88 Å². The molecule has 4 nitrogen and oxygen atoms in total. The molecule has 0 amide bonds. The lowest BCUT2D eigenvalue weighted by Gasteiger charge is -2.04. The van der Waals surface area contributed by atoms with E-state index in [0.29, 0.717) is 16.8 Å². The number of benzene rings is 1. The van der Waals surface area contributed by atoms with Gasteiger partial charge in [0.05, 0.1) is 5.88 Å². The van der Waals surface area contributed by atoms with E-state index in [9.17, 15) is 0 Å². The number of fused-ring (bicyclic) bond motifs is 1. The number of ether oxygens (including phenoxy) is 1. The molecular weight excluding hydrogens is 270 g/mol. The summed E-state index contributed by atoms with van der Waals surface area (Å²) in [6, 6.07) is 9.64. The molecule has 0 unspecified atom stereocenters. The molecule has 0 radical (unpaired) electrons. The Morgan fingerprint density at radius 2 is 2.06 bits per heavy atom. The third kappa shape index (κ3) is 2.14. The number of halogens is 1. The molecule has 0 aliphatic carbocycles. The standard InChI is InChI=1S/C12H8ClN3OS/c13-7-10-15-16-12(18-10)17-9-5-1-3-8-4-2-6-14-11(8)9/h1-6H,7H2. The molecule has 0 saturated heterocycles. The van der Waals surface area contributed by atoms with Gasteiger partial charge in [-0.05, 0) is 12.1 Å². The Morgan fingerprint density at radius 1 is 1.17 bits per heavy atom. The average Bonchev–Trinajstić information content (AvgIpc) is 2.87. The van der Waals surface area contributed by atoms with E-state index in [1.807, 2.05) is 30.3 Å². The first-order valence-electron chi connectivity index (χ1n) is 5.27. The Bertz CT molecular complexity index is 680. The van der Waals surface area contributed by atoms with E-state index in [1.165, 1.54) is 11.3 Å². The lowest BCUT2D eigenvalue weighted by Crippen LogP contribution is -1.87. The van der Waals surface area contributed by atoms with E-state index >= 15 is 0 Å². The molecule has 0 fully saturated rings. The van der Waals surface area contributed by atoms with Crippen molar-refractivity contribution >= 4 is 33.8 Å². The molecule has 18 heavy (non-hydrogen) atoms. The highest BCUT2D eigenvalue weighted by atomic mass is 35.5. The van der Waals surface area contributed by atoms with E-state index in [0.717, 1.165) is 15.9 Å². The smallest absolute Gasteiger partial charge is 0.299 e. The molecule has 2 aromatic heterocycles. The molecule has 0 saturated carbocycles. The van der Waals surface area contributed by atoms with E-state index in [-0.39, 0.29) is 0 Å². The van der Waals surface area contributed by atoms with Crippen LogP contribution >= 0.6 is 22.9 Å². The normalized spacial score (nSPS) is 10.7. The van der Waals surface area contributed by atoms with Crippen LogP contribution in [0.2, 0.25) is 0 Å². The molecule has 1 aromatic carbocycles. The van der Waals surface area contributed by atoms with Gasteiger partial charge in [-0.25, -0.2) is 0 Å². The molecule has 0 atom stereocenters. The van der Waals surface area contributed by atoms with Gasteiger partial charge < -0.3 is 4.74 Å². The molecule has 3 rings (SSSR count). The molecule has 0 aliphatic rings. The second kappa shape index (κ2) is 4.88. The minimum Gasteiger partial charge on any atom is -0.427 e. The average molecular weight is 278 g/mol. The Kier molecular flexibility index (Phi) is 3.08. The van der Waals surface area contributed by atoms with Gasteiger partial charge in [0.15, 0.2) is 5.75 Å². The molecule has 0 spiro atoms. The predicted octanol–water partition coefficient (Wildman–Crippen LogP) is 3.62. The second-order valence-corrected chi connectivity index (χ2v) is 4.82. The van der Waals surface area contributed by atoms with Crippen LogP contribution in [0.3, 0.4) is 0 Å². The maximum atomic E-state index is 5.70. The molecule has 0 bridgehead atoms. The Labute approximate surface area is 112 Å². The zero-order valence-corrected chi connectivity index (χ0v) is 10.8. The van der Waals surface area contributed by atoms with Gasteiger partial charge in [0.25, 0.3) is 5.19 Å². The van der Waals surface area contributed by atoms with Crippen LogP contribution in [0.1, 0.15) is 5.01 Å². The van der Waals surface area contributed by atoms with Gasteiger partial charge in [-0.2, -0.15) is 0 Å². The molecular formula is C12H8ClN3OS. The molecule has 0 N–H and O–H groups in total. The molecule has 90 valence electrons. The maximum Gasteiger partial charge on any atom is 0.299 e. The number of hydrogen-bond acceptors (Lipinski definition) is 5. The van der Waals surface area contributed by atoms with Gasteiger partial charge in [-0.1, -0.05) is 34.6 Å². The fraction of sp³-hybridized carbons (Fsp3) is 0.0833. The summed E-state index contributed by atoms with van der Waals surface area (Å²) in [4.78, 5) is 4.31. The first kappa shape index (κ1) is 11.4. The summed E-state index contributed by atoms with van der Waals surface area (Å²) in [5.74, 6) is 1.01. The Hall–Kier alpha value is -1.72. The van der Waals surface area contributed by atoms with Crippen LogP contribution in [0.5, 0.6) is 10.9 Å². The summed E-state index contributed by atoms with van der Waals surface area (Å²) in [6.07, 6.45) is 1.74. The highest BCUT2D eigenvalue weighted by Gasteiger charge is 2.08. The van der Waals surface area contributed by atoms with Crippen molar-refractivity contribution in [2.45, 2.75) is 5.88 Å². The van der Waals surface area contributed by atoms with Gasteiger partial charge in [0.1, 0.15) is 10.5 Å². The number of pyridine rings is 1. The van der Waals surface area contributed by atoms with E-state index < -0.39 is 0 Å². The summed E-state index contributed by atoms with van der Waals surface area (Å²) in [7, 11) is 0. The minimum absolute atomic E-state index is 0.342.